The van der Waals surface area contributed by atoms with Gasteiger partial charge in [0.2, 0.25) is 0 Å². The third kappa shape index (κ3) is 2.56. The van der Waals surface area contributed by atoms with Crippen LogP contribution in [0.1, 0.15) is 27.7 Å². The summed E-state index contributed by atoms with van der Waals surface area (Å²) in [6.07, 6.45) is 6.81. The van der Waals surface area contributed by atoms with E-state index < -0.39 is 7.12 Å². The van der Waals surface area contributed by atoms with E-state index in [9.17, 15) is 0 Å². The Morgan fingerprint density at radius 3 is 2.19 bits per heavy atom. The van der Waals surface area contributed by atoms with E-state index in [1.165, 1.54) is 6.33 Å². The van der Waals surface area contributed by atoms with Gasteiger partial charge in [0.15, 0.2) is 0 Å². The SMILES string of the molecule is CC1(C)OB(c2cc(-c3cncnc3)ccn2)OC1(C)C. The summed E-state index contributed by atoms with van der Waals surface area (Å²) in [5, 5.41) is 0. The molecule has 2 aromatic rings. The Hall–Kier alpha value is -1.79. The first kappa shape index (κ1) is 14.2. The summed E-state index contributed by atoms with van der Waals surface area (Å²) in [6.45, 7) is 8.12. The van der Waals surface area contributed by atoms with E-state index in [0.717, 1.165) is 16.7 Å². The zero-order valence-electron chi connectivity index (χ0n) is 12.7. The zero-order valence-corrected chi connectivity index (χ0v) is 12.7. The molecule has 2 aromatic heterocycles. The van der Waals surface area contributed by atoms with Crippen LogP contribution in [0.3, 0.4) is 0 Å². The molecule has 1 aliphatic heterocycles. The van der Waals surface area contributed by atoms with Crippen molar-refractivity contribution < 1.29 is 9.31 Å². The molecule has 0 atom stereocenters. The molecule has 108 valence electrons. The first-order valence-corrected chi connectivity index (χ1v) is 6.96. The van der Waals surface area contributed by atoms with Crippen LogP contribution in [0.2, 0.25) is 0 Å². The van der Waals surface area contributed by atoms with E-state index in [1.54, 1.807) is 18.6 Å². The number of hydrogen-bond donors (Lipinski definition) is 0. The normalized spacial score (nSPS) is 19.7. The molecule has 0 amide bonds. The minimum Gasteiger partial charge on any atom is -0.398 e. The first-order chi connectivity index (χ1) is 9.89. The van der Waals surface area contributed by atoms with Crippen molar-refractivity contribution in [1.29, 1.82) is 0 Å². The molecule has 0 aliphatic carbocycles. The van der Waals surface area contributed by atoms with Gasteiger partial charge in [-0.15, -0.1) is 0 Å². The van der Waals surface area contributed by atoms with Gasteiger partial charge in [-0.25, -0.2) is 9.97 Å². The second kappa shape index (κ2) is 4.89. The van der Waals surface area contributed by atoms with E-state index in [4.69, 9.17) is 9.31 Å². The molecule has 0 aromatic carbocycles. The molecular formula is C15H18BN3O2. The molecule has 1 saturated heterocycles. The topological polar surface area (TPSA) is 57.1 Å². The van der Waals surface area contributed by atoms with Crippen LogP contribution in [0.25, 0.3) is 11.1 Å². The summed E-state index contributed by atoms with van der Waals surface area (Å²) in [5.74, 6) is 0. The summed E-state index contributed by atoms with van der Waals surface area (Å²) in [6, 6.07) is 3.88. The van der Waals surface area contributed by atoms with Gasteiger partial charge in [-0.1, -0.05) is 0 Å². The highest BCUT2D eigenvalue weighted by Crippen LogP contribution is 2.36. The number of aromatic nitrogens is 3. The lowest BCUT2D eigenvalue weighted by Gasteiger charge is -2.32. The van der Waals surface area contributed by atoms with Crippen LogP contribution in [0, 0.1) is 0 Å². The minimum atomic E-state index is -0.459. The fraction of sp³-hybridized carbons (Fsp3) is 0.400. The monoisotopic (exact) mass is 283 g/mol. The fourth-order valence-corrected chi connectivity index (χ4v) is 2.17. The van der Waals surface area contributed by atoms with Crippen LogP contribution >= 0.6 is 0 Å². The number of hydrogen-bond acceptors (Lipinski definition) is 5. The van der Waals surface area contributed by atoms with Crippen LogP contribution in [0.4, 0.5) is 0 Å². The highest BCUT2D eigenvalue weighted by atomic mass is 16.7. The molecule has 0 radical (unpaired) electrons. The molecule has 0 spiro atoms. The number of rotatable bonds is 2. The fourth-order valence-electron chi connectivity index (χ4n) is 2.17. The third-order valence-electron chi connectivity index (χ3n) is 4.17. The maximum absolute atomic E-state index is 6.02. The Morgan fingerprint density at radius 1 is 0.952 bits per heavy atom. The second-order valence-corrected chi connectivity index (χ2v) is 6.18. The summed E-state index contributed by atoms with van der Waals surface area (Å²) in [5.41, 5.74) is 1.96. The van der Waals surface area contributed by atoms with Gasteiger partial charge < -0.3 is 9.31 Å². The molecule has 0 unspecified atom stereocenters. The van der Waals surface area contributed by atoms with E-state index in [0.29, 0.717) is 0 Å². The van der Waals surface area contributed by atoms with Crippen LogP contribution in [-0.2, 0) is 9.31 Å². The lowest BCUT2D eigenvalue weighted by molar-refractivity contribution is 0.00578. The summed E-state index contributed by atoms with van der Waals surface area (Å²) in [4.78, 5) is 12.5. The summed E-state index contributed by atoms with van der Waals surface area (Å²) >= 11 is 0. The number of pyridine rings is 1. The molecule has 1 fully saturated rings. The van der Waals surface area contributed by atoms with Crippen molar-refractivity contribution in [3.05, 3.63) is 37.1 Å². The quantitative estimate of drug-likeness (QED) is 0.787. The van der Waals surface area contributed by atoms with Crippen molar-refractivity contribution in [2.24, 2.45) is 0 Å². The predicted molar refractivity (Wildman–Crippen MR) is 81.0 cm³/mol. The molecule has 21 heavy (non-hydrogen) atoms. The van der Waals surface area contributed by atoms with Crippen LogP contribution in [0.15, 0.2) is 37.1 Å². The van der Waals surface area contributed by atoms with Gasteiger partial charge in [-0.2, -0.15) is 0 Å². The molecule has 3 heterocycles. The average molecular weight is 283 g/mol. The van der Waals surface area contributed by atoms with Gasteiger partial charge >= 0.3 is 7.12 Å². The molecule has 0 bridgehead atoms. The lowest BCUT2D eigenvalue weighted by Crippen LogP contribution is -2.41. The smallest absolute Gasteiger partial charge is 0.398 e. The second-order valence-electron chi connectivity index (χ2n) is 6.18. The van der Waals surface area contributed by atoms with Crippen molar-refractivity contribution in [2.45, 2.75) is 38.9 Å². The van der Waals surface area contributed by atoms with E-state index >= 15 is 0 Å². The lowest BCUT2D eigenvalue weighted by atomic mass is 9.83. The van der Waals surface area contributed by atoms with Gasteiger partial charge in [0.1, 0.15) is 6.33 Å². The molecular weight excluding hydrogens is 265 g/mol. The van der Waals surface area contributed by atoms with Gasteiger partial charge in [0.05, 0.1) is 16.8 Å². The van der Waals surface area contributed by atoms with Crippen LogP contribution in [-0.4, -0.2) is 33.3 Å². The maximum atomic E-state index is 6.02. The predicted octanol–water partition coefficient (Wildman–Crippen LogP) is 1.84. The van der Waals surface area contributed by atoms with Crippen LogP contribution in [0.5, 0.6) is 0 Å². The zero-order chi connectivity index (χ0) is 15.1. The maximum Gasteiger partial charge on any atom is 0.514 e. The Bertz CT molecular complexity index is 630. The summed E-state index contributed by atoms with van der Waals surface area (Å²) < 4.78 is 12.0. The Labute approximate surface area is 124 Å². The van der Waals surface area contributed by atoms with Crippen molar-refractivity contribution in [3.8, 4) is 11.1 Å². The Kier molecular flexibility index (Phi) is 3.30. The van der Waals surface area contributed by atoms with Gasteiger partial charge in [0, 0.05) is 24.2 Å². The van der Waals surface area contributed by atoms with E-state index in [1.807, 2.05) is 39.8 Å². The van der Waals surface area contributed by atoms with Crippen molar-refractivity contribution in [1.82, 2.24) is 15.0 Å². The van der Waals surface area contributed by atoms with Crippen molar-refractivity contribution in [3.63, 3.8) is 0 Å². The molecule has 1 aliphatic rings. The highest BCUT2D eigenvalue weighted by molar-refractivity contribution is 6.61. The summed E-state index contributed by atoms with van der Waals surface area (Å²) in [7, 11) is -0.459. The standard InChI is InChI=1S/C15H18BN3O2/c1-14(2)15(3,4)21-16(20-14)13-7-11(5-6-19-13)12-8-17-10-18-9-12/h5-10H,1-4H3. The van der Waals surface area contributed by atoms with Gasteiger partial charge in [-0.3, -0.25) is 4.98 Å². The molecule has 0 N–H and O–H groups in total. The largest absolute Gasteiger partial charge is 0.514 e. The van der Waals surface area contributed by atoms with Crippen LogP contribution < -0.4 is 5.59 Å². The number of nitrogens with zero attached hydrogens (tertiary/aromatic N) is 3. The minimum absolute atomic E-state index is 0.370. The van der Waals surface area contributed by atoms with Gasteiger partial charge in [-0.05, 0) is 45.4 Å². The van der Waals surface area contributed by atoms with E-state index in [2.05, 4.69) is 15.0 Å². The highest BCUT2D eigenvalue weighted by Gasteiger charge is 2.52. The molecule has 0 saturated carbocycles. The first-order valence-electron chi connectivity index (χ1n) is 6.96. The Balaban J connectivity index is 1.92. The van der Waals surface area contributed by atoms with Gasteiger partial charge in [0.25, 0.3) is 0 Å². The molecule has 3 rings (SSSR count). The molecule has 5 nitrogen and oxygen atoms in total. The third-order valence-corrected chi connectivity index (χ3v) is 4.17. The Morgan fingerprint density at radius 2 is 1.57 bits per heavy atom. The van der Waals surface area contributed by atoms with E-state index in [-0.39, 0.29) is 11.2 Å². The molecule has 6 heteroatoms. The average Bonchev–Trinajstić information content (AvgIpc) is 2.69. The van der Waals surface area contributed by atoms with Crippen molar-refractivity contribution >= 4 is 12.7 Å². The van der Waals surface area contributed by atoms with Crippen molar-refractivity contribution in [2.75, 3.05) is 0 Å².